The Balaban J connectivity index is 1.66. The number of amides is 1. The molecule has 1 aliphatic carbocycles. The highest BCUT2D eigenvalue weighted by Gasteiger charge is 2.14. The Morgan fingerprint density at radius 1 is 1.24 bits per heavy atom. The summed E-state index contributed by atoms with van der Waals surface area (Å²) in [5.41, 5.74) is 0.414. The van der Waals surface area contributed by atoms with Crippen LogP contribution >= 0.6 is 23.2 Å². The average Bonchev–Trinajstić information content (AvgIpc) is 2.50. The van der Waals surface area contributed by atoms with Crippen LogP contribution < -0.4 is 5.32 Å². The zero-order valence-electron chi connectivity index (χ0n) is 12.0. The monoisotopic (exact) mass is 329 g/mol. The van der Waals surface area contributed by atoms with Crippen LogP contribution in [0.4, 0.5) is 0 Å². The van der Waals surface area contributed by atoms with Crippen molar-refractivity contribution >= 4 is 29.1 Å². The molecule has 0 bridgehead atoms. The summed E-state index contributed by atoms with van der Waals surface area (Å²) in [5.74, 6) is -0.194. The predicted octanol–water partition coefficient (Wildman–Crippen LogP) is 4.46. The van der Waals surface area contributed by atoms with Crippen molar-refractivity contribution in [1.29, 1.82) is 0 Å². The van der Waals surface area contributed by atoms with Crippen molar-refractivity contribution in [2.24, 2.45) is 0 Å². The molecule has 1 aromatic carbocycles. The number of hydrogen-bond donors (Lipinski definition) is 1. The molecule has 2 rings (SSSR count). The molecule has 0 aromatic heterocycles. The first kappa shape index (κ1) is 16.6. The van der Waals surface area contributed by atoms with Crippen LogP contribution in [0.5, 0.6) is 0 Å². The number of carbonyl (C=O) groups is 1. The number of carbonyl (C=O) groups excluding carboxylic acids is 1. The van der Waals surface area contributed by atoms with Gasteiger partial charge in [0.25, 0.3) is 5.91 Å². The van der Waals surface area contributed by atoms with E-state index in [0.717, 1.165) is 6.42 Å². The van der Waals surface area contributed by atoms with Crippen molar-refractivity contribution in [2.75, 3.05) is 13.2 Å². The Hall–Kier alpha value is -0.770. The second-order valence-corrected chi connectivity index (χ2v) is 6.13. The molecule has 1 N–H and O–H groups in total. The van der Waals surface area contributed by atoms with E-state index in [-0.39, 0.29) is 5.91 Å². The molecular formula is C16H21Cl2NO2. The molecule has 0 atom stereocenters. The number of benzene rings is 1. The zero-order chi connectivity index (χ0) is 15.1. The summed E-state index contributed by atoms with van der Waals surface area (Å²) in [7, 11) is 0. The van der Waals surface area contributed by atoms with Crippen LogP contribution in [-0.2, 0) is 4.74 Å². The third-order valence-electron chi connectivity index (χ3n) is 3.71. The van der Waals surface area contributed by atoms with Crippen molar-refractivity contribution < 1.29 is 9.53 Å². The topological polar surface area (TPSA) is 38.3 Å². The molecule has 0 heterocycles. The molecule has 21 heavy (non-hydrogen) atoms. The Bertz CT molecular complexity index is 473. The van der Waals surface area contributed by atoms with Gasteiger partial charge in [-0.2, -0.15) is 0 Å². The molecule has 0 aliphatic heterocycles. The lowest BCUT2D eigenvalue weighted by atomic mass is 9.98. The number of nitrogens with one attached hydrogen (secondary N) is 1. The Morgan fingerprint density at radius 2 is 2.00 bits per heavy atom. The molecule has 1 aromatic rings. The first-order valence-corrected chi connectivity index (χ1v) is 8.28. The summed E-state index contributed by atoms with van der Waals surface area (Å²) in [6.07, 6.45) is 7.44. The highest BCUT2D eigenvalue weighted by molar-refractivity contribution is 6.43. The van der Waals surface area contributed by atoms with Crippen LogP contribution in [0.1, 0.15) is 48.9 Å². The van der Waals surface area contributed by atoms with E-state index in [2.05, 4.69) is 5.32 Å². The van der Waals surface area contributed by atoms with E-state index in [1.807, 2.05) is 0 Å². The number of hydrogen-bond acceptors (Lipinski definition) is 2. The summed E-state index contributed by atoms with van der Waals surface area (Å²) in [6, 6.07) is 5.05. The molecule has 1 fully saturated rings. The molecule has 1 aliphatic rings. The van der Waals surface area contributed by atoms with Crippen molar-refractivity contribution in [3.8, 4) is 0 Å². The number of halogens is 2. The normalized spacial score (nSPS) is 15.9. The summed E-state index contributed by atoms with van der Waals surface area (Å²) in [5, 5.41) is 3.54. The fraction of sp³-hybridized carbons (Fsp3) is 0.562. The summed E-state index contributed by atoms with van der Waals surface area (Å²) in [6.45, 7) is 1.27. The summed E-state index contributed by atoms with van der Waals surface area (Å²) >= 11 is 11.9. The summed E-state index contributed by atoms with van der Waals surface area (Å²) < 4.78 is 5.81. The average molecular weight is 330 g/mol. The van der Waals surface area contributed by atoms with Crippen molar-refractivity contribution in [1.82, 2.24) is 5.32 Å². The maximum atomic E-state index is 12.0. The van der Waals surface area contributed by atoms with Crippen LogP contribution in [0.2, 0.25) is 10.0 Å². The molecule has 1 saturated carbocycles. The van der Waals surface area contributed by atoms with Crippen LogP contribution in [0.3, 0.4) is 0 Å². The van der Waals surface area contributed by atoms with Gasteiger partial charge in [-0.15, -0.1) is 0 Å². The second kappa shape index (κ2) is 8.62. The van der Waals surface area contributed by atoms with Gasteiger partial charge in [-0.3, -0.25) is 4.79 Å². The van der Waals surface area contributed by atoms with Crippen LogP contribution in [0, 0.1) is 0 Å². The van der Waals surface area contributed by atoms with E-state index in [9.17, 15) is 4.79 Å². The van der Waals surface area contributed by atoms with Crippen molar-refractivity contribution in [3.05, 3.63) is 33.8 Å². The highest BCUT2D eigenvalue weighted by Crippen LogP contribution is 2.25. The lowest BCUT2D eigenvalue weighted by molar-refractivity contribution is 0.0273. The maximum Gasteiger partial charge on any atom is 0.252 e. The molecule has 0 radical (unpaired) electrons. The van der Waals surface area contributed by atoms with E-state index in [1.54, 1.807) is 18.2 Å². The second-order valence-electron chi connectivity index (χ2n) is 5.34. The lowest BCUT2D eigenvalue weighted by Crippen LogP contribution is -2.26. The molecule has 0 unspecified atom stereocenters. The largest absolute Gasteiger partial charge is 0.378 e. The first-order valence-electron chi connectivity index (χ1n) is 7.52. The van der Waals surface area contributed by atoms with Crippen molar-refractivity contribution in [3.63, 3.8) is 0 Å². The lowest BCUT2D eigenvalue weighted by Gasteiger charge is -2.21. The van der Waals surface area contributed by atoms with Gasteiger partial charge >= 0.3 is 0 Å². The molecule has 0 spiro atoms. The molecule has 0 saturated heterocycles. The van der Waals surface area contributed by atoms with Gasteiger partial charge in [0.15, 0.2) is 0 Å². The fourth-order valence-electron chi connectivity index (χ4n) is 2.53. The fourth-order valence-corrected chi connectivity index (χ4v) is 2.92. The number of rotatable bonds is 6. The Morgan fingerprint density at radius 3 is 2.76 bits per heavy atom. The van der Waals surface area contributed by atoms with Gasteiger partial charge in [-0.25, -0.2) is 0 Å². The van der Waals surface area contributed by atoms with Gasteiger partial charge in [0.1, 0.15) is 0 Å². The zero-order valence-corrected chi connectivity index (χ0v) is 13.6. The van der Waals surface area contributed by atoms with Crippen LogP contribution in [-0.4, -0.2) is 25.2 Å². The minimum absolute atomic E-state index is 0.194. The maximum absolute atomic E-state index is 12.0. The van der Waals surface area contributed by atoms with Gasteiger partial charge < -0.3 is 10.1 Å². The van der Waals surface area contributed by atoms with E-state index < -0.39 is 0 Å². The standard InChI is InChI=1S/C16H21Cl2NO2/c17-14-9-4-8-13(15(14)18)16(20)19-10-5-11-21-12-6-2-1-3-7-12/h4,8-9,12H,1-3,5-7,10-11H2,(H,19,20). The van der Waals surface area contributed by atoms with Crippen LogP contribution in [0.25, 0.3) is 0 Å². The predicted molar refractivity (Wildman–Crippen MR) is 86.2 cm³/mol. The molecule has 3 nitrogen and oxygen atoms in total. The van der Waals surface area contributed by atoms with E-state index in [4.69, 9.17) is 27.9 Å². The molecule has 1 amide bonds. The van der Waals surface area contributed by atoms with Gasteiger partial charge in [-0.1, -0.05) is 48.5 Å². The Labute approximate surface area is 136 Å². The van der Waals surface area contributed by atoms with Gasteiger partial charge in [0, 0.05) is 13.2 Å². The van der Waals surface area contributed by atoms with Gasteiger partial charge in [0.05, 0.1) is 21.7 Å². The third-order valence-corrected chi connectivity index (χ3v) is 4.53. The van der Waals surface area contributed by atoms with E-state index in [0.29, 0.717) is 34.9 Å². The van der Waals surface area contributed by atoms with Crippen LogP contribution in [0.15, 0.2) is 18.2 Å². The summed E-state index contributed by atoms with van der Waals surface area (Å²) in [4.78, 5) is 12.0. The quantitative estimate of drug-likeness (QED) is 0.782. The highest BCUT2D eigenvalue weighted by atomic mass is 35.5. The SMILES string of the molecule is O=C(NCCCOC1CCCCC1)c1cccc(Cl)c1Cl. The van der Waals surface area contributed by atoms with Crippen molar-refractivity contribution in [2.45, 2.75) is 44.6 Å². The minimum Gasteiger partial charge on any atom is -0.378 e. The van der Waals surface area contributed by atoms with Gasteiger partial charge in [0.2, 0.25) is 0 Å². The minimum atomic E-state index is -0.194. The first-order chi connectivity index (χ1) is 10.2. The third kappa shape index (κ3) is 5.17. The Kier molecular flexibility index (Phi) is 6.81. The van der Waals surface area contributed by atoms with Gasteiger partial charge in [-0.05, 0) is 31.4 Å². The molecule has 116 valence electrons. The number of ether oxygens (including phenoxy) is 1. The molecular weight excluding hydrogens is 309 g/mol. The van der Waals surface area contributed by atoms with E-state index in [1.165, 1.54) is 32.1 Å². The smallest absolute Gasteiger partial charge is 0.252 e. The van der Waals surface area contributed by atoms with E-state index >= 15 is 0 Å². The molecule has 5 heteroatoms.